The largest absolute Gasteiger partial charge is 0.491 e. The topological polar surface area (TPSA) is 59.2 Å². The molecule has 0 aliphatic carbocycles. The van der Waals surface area contributed by atoms with E-state index in [0.717, 1.165) is 23.0 Å². The first kappa shape index (κ1) is 13.4. The van der Waals surface area contributed by atoms with Crippen molar-refractivity contribution in [3.05, 3.63) is 42.0 Å². The number of methoxy groups -OCH3 is 1. The lowest BCUT2D eigenvalue weighted by molar-refractivity contribution is 0.146. The van der Waals surface area contributed by atoms with Gasteiger partial charge in [-0.15, -0.1) is 0 Å². The number of nitrogens with one attached hydrogen (secondary N) is 2. The van der Waals surface area contributed by atoms with E-state index in [0.29, 0.717) is 19.8 Å². The van der Waals surface area contributed by atoms with Gasteiger partial charge in [-0.25, -0.2) is 4.98 Å². The van der Waals surface area contributed by atoms with E-state index in [2.05, 4.69) is 15.3 Å². The molecular weight excluding hydrogens is 242 g/mol. The maximum Gasteiger partial charge on any atom is 0.121 e. The van der Waals surface area contributed by atoms with Gasteiger partial charge in [-0.05, 0) is 19.1 Å². The van der Waals surface area contributed by atoms with Crippen molar-refractivity contribution in [1.29, 1.82) is 0 Å². The fraction of sp³-hybridized carbons (Fsp3) is 0.357. The van der Waals surface area contributed by atoms with Crippen LogP contribution in [0.25, 0.3) is 0 Å². The number of aryl methyl sites for hydroxylation is 1. The summed E-state index contributed by atoms with van der Waals surface area (Å²) in [6.07, 6.45) is 1.83. The second kappa shape index (κ2) is 6.80. The molecule has 1 heterocycles. The minimum absolute atomic E-state index is 0.555. The number of ether oxygens (including phenoxy) is 2. The molecule has 0 unspecified atom stereocenters. The van der Waals surface area contributed by atoms with E-state index < -0.39 is 0 Å². The number of hydrogen-bond acceptors (Lipinski definition) is 4. The van der Waals surface area contributed by atoms with Gasteiger partial charge in [0.25, 0.3) is 0 Å². The number of hydrogen-bond donors (Lipinski definition) is 2. The van der Waals surface area contributed by atoms with Gasteiger partial charge in [-0.1, -0.05) is 6.07 Å². The van der Waals surface area contributed by atoms with E-state index in [1.165, 1.54) is 0 Å². The van der Waals surface area contributed by atoms with Crippen molar-refractivity contribution in [1.82, 2.24) is 9.97 Å². The van der Waals surface area contributed by atoms with Crippen molar-refractivity contribution < 1.29 is 9.47 Å². The fourth-order valence-electron chi connectivity index (χ4n) is 1.70. The summed E-state index contributed by atoms with van der Waals surface area (Å²) in [5.74, 6) is 1.76. The average Bonchev–Trinajstić information content (AvgIpc) is 2.83. The van der Waals surface area contributed by atoms with Crippen LogP contribution >= 0.6 is 0 Å². The fourth-order valence-corrected chi connectivity index (χ4v) is 1.70. The third-order valence-electron chi connectivity index (χ3n) is 2.63. The quantitative estimate of drug-likeness (QED) is 0.751. The molecule has 19 heavy (non-hydrogen) atoms. The van der Waals surface area contributed by atoms with Crippen LogP contribution in [0.2, 0.25) is 0 Å². The van der Waals surface area contributed by atoms with Crippen LogP contribution in [0.4, 0.5) is 5.69 Å². The molecule has 0 aliphatic rings. The summed E-state index contributed by atoms with van der Waals surface area (Å²) in [7, 11) is 1.66. The van der Waals surface area contributed by atoms with Gasteiger partial charge < -0.3 is 19.8 Å². The third-order valence-corrected chi connectivity index (χ3v) is 2.63. The lowest BCUT2D eigenvalue weighted by Gasteiger charge is -2.09. The minimum Gasteiger partial charge on any atom is -0.491 e. The van der Waals surface area contributed by atoms with Crippen LogP contribution in [0.15, 0.2) is 30.5 Å². The molecule has 0 amide bonds. The molecule has 5 nitrogen and oxygen atoms in total. The highest BCUT2D eigenvalue weighted by molar-refractivity contribution is 5.48. The van der Waals surface area contributed by atoms with Gasteiger partial charge in [-0.2, -0.15) is 0 Å². The summed E-state index contributed by atoms with van der Waals surface area (Å²) in [6.45, 7) is 3.79. The molecule has 0 spiro atoms. The number of anilines is 1. The van der Waals surface area contributed by atoms with E-state index in [1.54, 1.807) is 7.11 Å². The Labute approximate surface area is 113 Å². The molecule has 0 aliphatic heterocycles. The van der Waals surface area contributed by atoms with E-state index >= 15 is 0 Å². The molecular formula is C14H19N3O2. The van der Waals surface area contributed by atoms with Crippen LogP contribution in [0.1, 0.15) is 11.5 Å². The molecule has 0 bridgehead atoms. The van der Waals surface area contributed by atoms with E-state index in [4.69, 9.17) is 9.47 Å². The second-order valence-electron chi connectivity index (χ2n) is 4.22. The maximum absolute atomic E-state index is 5.56. The Morgan fingerprint density at radius 2 is 2.21 bits per heavy atom. The predicted molar refractivity (Wildman–Crippen MR) is 74.5 cm³/mol. The van der Waals surface area contributed by atoms with Crippen molar-refractivity contribution in [3.8, 4) is 5.75 Å². The number of aromatic nitrogens is 2. The monoisotopic (exact) mass is 261 g/mol. The number of rotatable bonds is 7. The Bertz CT molecular complexity index is 511. The first-order valence-corrected chi connectivity index (χ1v) is 6.24. The molecule has 0 atom stereocenters. The molecule has 2 N–H and O–H groups in total. The van der Waals surface area contributed by atoms with E-state index in [9.17, 15) is 0 Å². The maximum atomic E-state index is 5.56. The summed E-state index contributed by atoms with van der Waals surface area (Å²) >= 11 is 0. The number of H-pyrrole nitrogens is 1. The molecule has 1 aromatic heterocycles. The van der Waals surface area contributed by atoms with Gasteiger partial charge >= 0.3 is 0 Å². The van der Waals surface area contributed by atoms with Crippen molar-refractivity contribution >= 4 is 5.69 Å². The average molecular weight is 261 g/mol. The van der Waals surface area contributed by atoms with Crippen LogP contribution in [0.3, 0.4) is 0 Å². The first-order valence-electron chi connectivity index (χ1n) is 6.24. The SMILES string of the molecule is COCCOc1cccc(NCc2cnc(C)[nH]2)c1. The van der Waals surface area contributed by atoms with Crippen LogP contribution < -0.4 is 10.1 Å². The Kier molecular flexibility index (Phi) is 4.80. The molecule has 2 aromatic rings. The number of benzene rings is 1. The second-order valence-corrected chi connectivity index (χ2v) is 4.22. The lowest BCUT2D eigenvalue weighted by atomic mass is 10.3. The Hall–Kier alpha value is -2.01. The summed E-state index contributed by atoms with van der Waals surface area (Å²) in [6, 6.07) is 7.87. The lowest BCUT2D eigenvalue weighted by Crippen LogP contribution is -2.05. The molecule has 2 rings (SSSR count). The molecule has 102 valence electrons. The van der Waals surface area contributed by atoms with Crippen LogP contribution in [-0.4, -0.2) is 30.3 Å². The predicted octanol–water partition coefficient (Wildman–Crippen LogP) is 2.36. The zero-order valence-electron chi connectivity index (χ0n) is 11.3. The number of imidazole rings is 1. The molecule has 0 saturated carbocycles. The van der Waals surface area contributed by atoms with Gasteiger partial charge in [0, 0.05) is 18.9 Å². The Morgan fingerprint density at radius 3 is 2.95 bits per heavy atom. The van der Waals surface area contributed by atoms with Gasteiger partial charge in [0.2, 0.25) is 0 Å². The standard InChI is InChI=1S/C14H19N3O2/c1-11-15-9-13(17-11)10-16-12-4-3-5-14(8-12)19-7-6-18-2/h3-5,8-9,16H,6-7,10H2,1-2H3,(H,15,17). The van der Waals surface area contributed by atoms with Gasteiger partial charge in [0.05, 0.1) is 25.0 Å². The van der Waals surface area contributed by atoms with Crippen LogP contribution in [0.5, 0.6) is 5.75 Å². The van der Waals surface area contributed by atoms with E-state index in [-0.39, 0.29) is 0 Å². The zero-order valence-corrected chi connectivity index (χ0v) is 11.3. The van der Waals surface area contributed by atoms with Crippen molar-refractivity contribution in [3.63, 3.8) is 0 Å². The van der Waals surface area contributed by atoms with Crippen LogP contribution in [-0.2, 0) is 11.3 Å². The summed E-state index contributed by atoms with van der Waals surface area (Å²) in [5.41, 5.74) is 2.07. The molecule has 0 saturated heterocycles. The Balaban J connectivity index is 1.87. The van der Waals surface area contributed by atoms with E-state index in [1.807, 2.05) is 37.4 Å². The van der Waals surface area contributed by atoms with Crippen molar-refractivity contribution in [2.45, 2.75) is 13.5 Å². The Morgan fingerprint density at radius 1 is 1.32 bits per heavy atom. The van der Waals surface area contributed by atoms with Gasteiger partial charge in [-0.3, -0.25) is 0 Å². The molecule has 1 aromatic carbocycles. The summed E-state index contributed by atoms with van der Waals surface area (Å²) in [4.78, 5) is 7.34. The molecule has 5 heteroatoms. The van der Waals surface area contributed by atoms with Crippen molar-refractivity contribution in [2.24, 2.45) is 0 Å². The number of nitrogens with zero attached hydrogens (tertiary/aromatic N) is 1. The van der Waals surface area contributed by atoms with Gasteiger partial charge in [0.1, 0.15) is 18.2 Å². The molecule has 0 fully saturated rings. The van der Waals surface area contributed by atoms with Crippen LogP contribution in [0, 0.1) is 6.92 Å². The van der Waals surface area contributed by atoms with Crippen molar-refractivity contribution in [2.75, 3.05) is 25.6 Å². The highest BCUT2D eigenvalue weighted by Crippen LogP contribution is 2.17. The minimum atomic E-state index is 0.555. The van der Waals surface area contributed by atoms with Gasteiger partial charge in [0.15, 0.2) is 0 Å². The third kappa shape index (κ3) is 4.30. The highest BCUT2D eigenvalue weighted by Gasteiger charge is 1.99. The molecule has 0 radical (unpaired) electrons. The summed E-state index contributed by atoms with van der Waals surface area (Å²) < 4.78 is 10.5. The zero-order chi connectivity index (χ0) is 13.5. The smallest absolute Gasteiger partial charge is 0.121 e. The normalized spacial score (nSPS) is 10.4. The first-order chi connectivity index (χ1) is 9.28. The number of aromatic amines is 1. The highest BCUT2D eigenvalue weighted by atomic mass is 16.5. The summed E-state index contributed by atoms with van der Waals surface area (Å²) in [5, 5.41) is 3.32.